The summed E-state index contributed by atoms with van der Waals surface area (Å²) >= 11 is 1.34. The van der Waals surface area contributed by atoms with Gasteiger partial charge in [-0.15, -0.1) is 10.2 Å². The molecule has 0 aliphatic carbocycles. The quantitative estimate of drug-likeness (QED) is 0.482. The molecule has 0 radical (unpaired) electrons. The second-order valence-corrected chi connectivity index (χ2v) is 7.49. The topological polar surface area (TPSA) is 87.5 Å². The van der Waals surface area contributed by atoms with Crippen molar-refractivity contribution in [3.05, 3.63) is 53.9 Å². The fraction of sp³-hybridized carbons (Fsp3) is 0.318. The molecule has 9 heteroatoms. The number of carbonyl (C=O) groups excluding carboxylic acids is 1. The molecule has 1 aromatic heterocycles. The van der Waals surface area contributed by atoms with Gasteiger partial charge >= 0.3 is 0 Å². The molecule has 1 N–H and O–H groups in total. The fourth-order valence-electron chi connectivity index (χ4n) is 3.14. The summed E-state index contributed by atoms with van der Waals surface area (Å²) in [5.41, 5.74) is 3.00. The van der Waals surface area contributed by atoms with E-state index in [1.54, 1.807) is 39.8 Å². The Kier molecular flexibility index (Phi) is 7.77. The van der Waals surface area contributed by atoms with Crippen molar-refractivity contribution in [1.82, 2.24) is 20.1 Å². The third-order valence-corrected chi connectivity index (χ3v) is 5.69. The van der Waals surface area contributed by atoms with E-state index in [-0.39, 0.29) is 11.7 Å². The van der Waals surface area contributed by atoms with Crippen LogP contribution in [0.5, 0.6) is 17.2 Å². The number of carbonyl (C=O) groups is 1. The number of amides is 1. The Morgan fingerprint density at radius 1 is 1.03 bits per heavy atom. The highest BCUT2D eigenvalue weighted by Gasteiger charge is 2.15. The van der Waals surface area contributed by atoms with Crippen molar-refractivity contribution < 1.29 is 19.0 Å². The molecule has 0 atom stereocenters. The Hall–Kier alpha value is -3.20. The predicted octanol–water partition coefficient (Wildman–Crippen LogP) is 3.26. The van der Waals surface area contributed by atoms with Crippen molar-refractivity contribution in [2.75, 3.05) is 27.1 Å². The molecule has 1 heterocycles. The van der Waals surface area contributed by atoms with E-state index in [2.05, 4.69) is 28.5 Å². The number of nitrogens with zero attached hydrogens (tertiary/aromatic N) is 3. The number of hydrogen-bond acceptors (Lipinski definition) is 7. The lowest BCUT2D eigenvalue weighted by atomic mass is 10.1. The van der Waals surface area contributed by atoms with Gasteiger partial charge in [0.2, 0.25) is 5.91 Å². The number of aromatic nitrogens is 3. The summed E-state index contributed by atoms with van der Waals surface area (Å²) < 4.78 is 18.0. The number of methoxy groups -OCH3 is 3. The summed E-state index contributed by atoms with van der Waals surface area (Å²) in [5, 5.41) is 11.8. The highest BCUT2D eigenvalue weighted by molar-refractivity contribution is 7.99. The van der Waals surface area contributed by atoms with Crippen LogP contribution in [0.2, 0.25) is 0 Å². The Bertz CT molecular complexity index is 1040. The van der Waals surface area contributed by atoms with Crippen LogP contribution in [0.25, 0.3) is 5.69 Å². The zero-order valence-corrected chi connectivity index (χ0v) is 18.9. The van der Waals surface area contributed by atoms with E-state index in [1.165, 1.54) is 17.3 Å². The minimum absolute atomic E-state index is 0.125. The van der Waals surface area contributed by atoms with Gasteiger partial charge in [-0.05, 0) is 24.1 Å². The second-order valence-electron chi connectivity index (χ2n) is 6.55. The largest absolute Gasteiger partial charge is 0.496 e. The average Bonchev–Trinajstić information content (AvgIpc) is 3.29. The summed E-state index contributed by atoms with van der Waals surface area (Å²) in [6.07, 6.45) is 2.56. The van der Waals surface area contributed by atoms with E-state index in [4.69, 9.17) is 14.2 Å². The Balaban J connectivity index is 1.64. The molecule has 8 nitrogen and oxygen atoms in total. The van der Waals surface area contributed by atoms with Crippen molar-refractivity contribution in [1.29, 1.82) is 0 Å². The molecule has 3 rings (SSSR count). The van der Waals surface area contributed by atoms with Crippen LogP contribution in [0, 0.1) is 0 Å². The Labute approximate surface area is 185 Å². The van der Waals surface area contributed by atoms with Crippen molar-refractivity contribution in [2.45, 2.75) is 25.0 Å². The van der Waals surface area contributed by atoms with Crippen LogP contribution in [-0.2, 0) is 17.8 Å². The van der Waals surface area contributed by atoms with Crippen molar-refractivity contribution in [2.24, 2.45) is 0 Å². The number of nitrogens with one attached hydrogen (secondary N) is 1. The summed E-state index contributed by atoms with van der Waals surface area (Å²) in [4.78, 5) is 12.5. The van der Waals surface area contributed by atoms with Gasteiger partial charge in [0.25, 0.3) is 0 Å². The van der Waals surface area contributed by atoms with E-state index in [0.717, 1.165) is 17.7 Å². The second kappa shape index (κ2) is 10.7. The molecule has 0 fully saturated rings. The van der Waals surface area contributed by atoms with Crippen molar-refractivity contribution >= 4 is 17.7 Å². The summed E-state index contributed by atoms with van der Waals surface area (Å²) in [7, 11) is 4.70. The van der Waals surface area contributed by atoms with E-state index in [9.17, 15) is 4.79 Å². The van der Waals surface area contributed by atoms with Crippen LogP contribution in [-0.4, -0.2) is 47.8 Å². The van der Waals surface area contributed by atoms with Gasteiger partial charge in [0, 0.05) is 18.2 Å². The van der Waals surface area contributed by atoms with Gasteiger partial charge in [0.05, 0.1) is 32.8 Å². The summed E-state index contributed by atoms with van der Waals surface area (Å²) in [6.45, 7) is 2.40. The molecule has 2 aromatic carbocycles. The fourth-order valence-corrected chi connectivity index (χ4v) is 3.89. The van der Waals surface area contributed by atoms with Crippen LogP contribution in [0.1, 0.15) is 18.1 Å². The molecule has 0 aliphatic rings. The van der Waals surface area contributed by atoms with Gasteiger partial charge in [-0.25, -0.2) is 0 Å². The van der Waals surface area contributed by atoms with Gasteiger partial charge in [-0.2, -0.15) is 0 Å². The lowest BCUT2D eigenvalue weighted by Crippen LogP contribution is -2.25. The molecular weight excluding hydrogens is 416 g/mol. The molecule has 0 saturated carbocycles. The van der Waals surface area contributed by atoms with Gasteiger partial charge in [0.1, 0.15) is 12.1 Å². The highest BCUT2D eigenvalue weighted by Crippen LogP contribution is 2.34. The van der Waals surface area contributed by atoms with Crippen LogP contribution in [0.15, 0.2) is 47.9 Å². The zero-order valence-electron chi connectivity index (χ0n) is 18.0. The van der Waals surface area contributed by atoms with Gasteiger partial charge in [0.15, 0.2) is 16.7 Å². The third kappa shape index (κ3) is 5.29. The maximum Gasteiger partial charge on any atom is 0.230 e. The summed E-state index contributed by atoms with van der Waals surface area (Å²) in [5.74, 6) is 1.84. The number of aryl methyl sites for hydroxylation is 1. The van der Waals surface area contributed by atoms with Crippen LogP contribution < -0.4 is 19.5 Å². The Morgan fingerprint density at radius 2 is 1.74 bits per heavy atom. The molecular formula is C22H26N4O4S. The van der Waals surface area contributed by atoms with Gasteiger partial charge in [-0.3, -0.25) is 9.36 Å². The maximum atomic E-state index is 12.5. The lowest BCUT2D eigenvalue weighted by Gasteiger charge is -2.14. The molecule has 0 aliphatic heterocycles. The van der Waals surface area contributed by atoms with E-state index < -0.39 is 0 Å². The number of thioether (sulfide) groups is 1. The summed E-state index contributed by atoms with van der Waals surface area (Å²) in [6, 6.07) is 11.6. The lowest BCUT2D eigenvalue weighted by molar-refractivity contribution is -0.118. The normalized spacial score (nSPS) is 10.6. The highest BCUT2D eigenvalue weighted by atomic mass is 32.2. The average molecular weight is 443 g/mol. The third-order valence-electron chi connectivity index (χ3n) is 4.74. The number of rotatable bonds is 10. The van der Waals surface area contributed by atoms with Crippen molar-refractivity contribution in [3.8, 4) is 22.9 Å². The molecule has 3 aromatic rings. The van der Waals surface area contributed by atoms with Gasteiger partial charge < -0.3 is 19.5 Å². The molecule has 0 saturated heterocycles. The smallest absolute Gasteiger partial charge is 0.230 e. The monoisotopic (exact) mass is 442 g/mol. The number of ether oxygens (including phenoxy) is 3. The molecule has 0 bridgehead atoms. The molecule has 0 spiro atoms. The first kappa shape index (κ1) is 22.5. The van der Waals surface area contributed by atoms with E-state index in [1.807, 2.05) is 22.8 Å². The van der Waals surface area contributed by atoms with E-state index in [0.29, 0.717) is 28.9 Å². The number of benzene rings is 2. The van der Waals surface area contributed by atoms with E-state index >= 15 is 0 Å². The minimum Gasteiger partial charge on any atom is -0.496 e. The number of para-hydroxylation sites is 1. The standard InChI is InChI=1S/C22H26N4O4S/c1-5-15-8-6-7-9-17(15)26-14-24-25-22(26)31-13-21(27)23-12-16-10-19(29-3)20(30-4)11-18(16)28-2/h6-11,14H,5,12-13H2,1-4H3,(H,23,27). The Morgan fingerprint density at radius 3 is 2.45 bits per heavy atom. The molecule has 0 unspecified atom stereocenters. The maximum absolute atomic E-state index is 12.5. The molecule has 1 amide bonds. The molecule has 164 valence electrons. The first-order chi connectivity index (χ1) is 15.1. The first-order valence-corrected chi connectivity index (χ1v) is 10.8. The number of hydrogen-bond donors (Lipinski definition) is 1. The predicted molar refractivity (Wildman–Crippen MR) is 119 cm³/mol. The first-order valence-electron chi connectivity index (χ1n) is 9.77. The zero-order chi connectivity index (χ0) is 22.2. The molecule has 31 heavy (non-hydrogen) atoms. The van der Waals surface area contributed by atoms with Crippen LogP contribution in [0.4, 0.5) is 0 Å². The van der Waals surface area contributed by atoms with Crippen LogP contribution in [0.3, 0.4) is 0 Å². The minimum atomic E-state index is -0.125. The van der Waals surface area contributed by atoms with Crippen molar-refractivity contribution in [3.63, 3.8) is 0 Å². The van der Waals surface area contributed by atoms with Gasteiger partial charge in [-0.1, -0.05) is 36.9 Å². The van der Waals surface area contributed by atoms with Crippen LogP contribution >= 0.6 is 11.8 Å². The SMILES string of the molecule is CCc1ccccc1-n1cnnc1SCC(=O)NCc1cc(OC)c(OC)cc1OC.